The van der Waals surface area contributed by atoms with Gasteiger partial charge in [0.15, 0.2) is 11.6 Å². The van der Waals surface area contributed by atoms with Crippen molar-refractivity contribution in [3.05, 3.63) is 102 Å². The lowest BCUT2D eigenvalue weighted by atomic mass is 10.00. The van der Waals surface area contributed by atoms with Gasteiger partial charge >= 0.3 is 12.2 Å². The summed E-state index contributed by atoms with van der Waals surface area (Å²) in [6.45, 7) is 12.3. The molecule has 2 heterocycles. The number of nitrogens with one attached hydrogen (secondary N) is 1. The average Bonchev–Trinajstić information content (AvgIpc) is 3.82. The molecular formula is C44H46F2N4O7. The van der Waals surface area contributed by atoms with E-state index < -0.39 is 47.0 Å². The molecule has 57 heavy (non-hydrogen) atoms. The van der Waals surface area contributed by atoms with Gasteiger partial charge in [0.1, 0.15) is 34.9 Å². The van der Waals surface area contributed by atoms with Crippen LogP contribution < -0.4 is 14.8 Å². The maximum atomic E-state index is 14.5. The van der Waals surface area contributed by atoms with Crippen molar-refractivity contribution in [3.63, 3.8) is 0 Å². The highest BCUT2D eigenvalue weighted by Crippen LogP contribution is 2.37. The van der Waals surface area contributed by atoms with Crippen LogP contribution in [0.3, 0.4) is 0 Å². The zero-order valence-electron chi connectivity index (χ0n) is 32.9. The second-order valence-electron chi connectivity index (χ2n) is 16.1. The Balaban J connectivity index is 1.24. The second kappa shape index (κ2) is 16.5. The van der Waals surface area contributed by atoms with E-state index in [1.54, 1.807) is 85.2 Å². The van der Waals surface area contributed by atoms with Crippen LogP contribution >= 0.6 is 0 Å². The fraction of sp³-hybridized carbons (Fsp3) is 0.364. The third-order valence-corrected chi connectivity index (χ3v) is 9.19. The summed E-state index contributed by atoms with van der Waals surface area (Å²) < 4.78 is 52.3. The molecule has 2 aliphatic rings. The molecule has 298 valence electrons. The van der Waals surface area contributed by atoms with Crippen LogP contribution in [0.1, 0.15) is 70.3 Å². The van der Waals surface area contributed by atoms with Gasteiger partial charge in [-0.2, -0.15) is 5.26 Å². The smallest absolute Gasteiger partial charge is 0.410 e. The number of hydrogen-bond donors (Lipinski definition) is 1. The summed E-state index contributed by atoms with van der Waals surface area (Å²) in [4.78, 5) is 42.4. The monoisotopic (exact) mass is 780 g/mol. The largest absolute Gasteiger partial charge is 0.488 e. The highest BCUT2D eigenvalue weighted by molar-refractivity contribution is 6.05. The van der Waals surface area contributed by atoms with Gasteiger partial charge in [-0.25, -0.2) is 18.4 Å². The number of nitrogens with zero attached hydrogens (tertiary/aromatic N) is 3. The lowest BCUT2D eigenvalue weighted by molar-refractivity contribution is 0.0266. The number of hydrogen-bond acceptors (Lipinski definition) is 8. The van der Waals surface area contributed by atoms with E-state index in [4.69, 9.17) is 18.9 Å². The van der Waals surface area contributed by atoms with Crippen molar-refractivity contribution in [2.45, 2.75) is 77.8 Å². The molecular weight excluding hydrogens is 735 g/mol. The fourth-order valence-electron chi connectivity index (χ4n) is 6.55. The average molecular weight is 781 g/mol. The van der Waals surface area contributed by atoms with Crippen LogP contribution in [0.25, 0.3) is 22.3 Å². The molecule has 2 aliphatic heterocycles. The van der Waals surface area contributed by atoms with Crippen LogP contribution in [0.2, 0.25) is 0 Å². The van der Waals surface area contributed by atoms with E-state index in [0.29, 0.717) is 77.5 Å². The minimum Gasteiger partial charge on any atom is -0.488 e. The highest BCUT2D eigenvalue weighted by Gasteiger charge is 2.33. The van der Waals surface area contributed by atoms with Gasteiger partial charge in [0, 0.05) is 48.3 Å². The first kappa shape index (κ1) is 40.5. The van der Waals surface area contributed by atoms with Crippen LogP contribution in [0.5, 0.6) is 11.5 Å². The lowest BCUT2D eigenvalue weighted by Gasteiger charge is -2.24. The number of amides is 3. The predicted octanol–water partition coefficient (Wildman–Crippen LogP) is 9.20. The number of carbonyl (C=O) groups excluding carboxylic acids is 3. The van der Waals surface area contributed by atoms with Gasteiger partial charge in [-0.3, -0.25) is 4.79 Å². The van der Waals surface area contributed by atoms with Crippen molar-refractivity contribution in [2.75, 3.05) is 31.5 Å². The molecule has 11 nitrogen and oxygen atoms in total. The van der Waals surface area contributed by atoms with Crippen LogP contribution in [0.4, 0.5) is 24.1 Å². The minimum atomic E-state index is -1.06. The van der Waals surface area contributed by atoms with E-state index in [0.717, 1.165) is 12.1 Å². The summed E-state index contributed by atoms with van der Waals surface area (Å²) >= 11 is 0. The van der Waals surface area contributed by atoms with Crippen molar-refractivity contribution in [3.8, 4) is 39.8 Å². The van der Waals surface area contributed by atoms with Gasteiger partial charge in [-0.15, -0.1) is 0 Å². The molecule has 4 aromatic carbocycles. The van der Waals surface area contributed by atoms with E-state index in [1.807, 2.05) is 26.8 Å². The summed E-state index contributed by atoms with van der Waals surface area (Å²) in [6.07, 6.45) is -0.506. The zero-order chi connectivity index (χ0) is 41.1. The summed E-state index contributed by atoms with van der Waals surface area (Å²) in [6, 6.07) is 22.5. The Morgan fingerprint density at radius 3 is 1.82 bits per heavy atom. The van der Waals surface area contributed by atoms with Gasteiger partial charge < -0.3 is 34.1 Å². The summed E-state index contributed by atoms with van der Waals surface area (Å²) in [5, 5.41) is 12.5. The van der Waals surface area contributed by atoms with E-state index in [9.17, 15) is 28.4 Å². The maximum Gasteiger partial charge on any atom is 0.410 e. The van der Waals surface area contributed by atoms with Gasteiger partial charge in [0.25, 0.3) is 5.91 Å². The molecule has 6 rings (SSSR count). The molecule has 0 saturated carbocycles. The summed E-state index contributed by atoms with van der Waals surface area (Å²) in [5.74, 6) is -1.74. The van der Waals surface area contributed by atoms with Crippen molar-refractivity contribution < 1.29 is 42.1 Å². The number of nitriles is 1. The molecule has 0 spiro atoms. The number of carbonyl (C=O) groups is 3. The van der Waals surface area contributed by atoms with E-state index in [1.165, 1.54) is 6.07 Å². The third-order valence-electron chi connectivity index (χ3n) is 9.19. The quantitative estimate of drug-likeness (QED) is 0.187. The van der Waals surface area contributed by atoms with Crippen molar-refractivity contribution in [1.82, 2.24) is 9.80 Å². The Kier molecular flexibility index (Phi) is 11.7. The van der Waals surface area contributed by atoms with E-state index in [-0.39, 0.29) is 18.2 Å². The van der Waals surface area contributed by atoms with Gasteiger partial charge in [0.2, 0.25) is 0 Å². The molecule has 13 heteroatoms. The molecule has 2 saturated heterocycles. The van der Waals surface area contributed by atoms with Crippen molar-refractivity contribution in [2.24, 2.45) is 0 Å². The van der Waals surface area contributed by atoms with Gasteiger partial charge in [0.05, 0.1) is 24.7 Å². The summed E-state index contributed by atoms with van der Waals surface area (Å²) in [5.41, 5.74) is 1.73. The zero-order valence-corrected chi connectivity index (χ0v) is 32.9. The Hall–Kier alpha value is -6.16. The third kappa shape index (κ3) is 10.4. The maximum absolute atomic E-state index is 14.5. The van der Waals surface area contributed by atoms with Crippen LogP contribution in [0.15, 0.2) is 78.9 Å². The number of ether oxygens (including phenoxy) is 4. The molecule has 3 amide bonds. The first-order valence-electron chi connectivity index (χ1n) is 18.8. The minimum absolute atomic E-state index is 0.213. The van der Waals surface area contributed by atoms with E-state index in [2.05, 4.69) is 11.4 Å². The Labute approximate surface area is 331 Å². The normalized spacial score (nSPS) is 16.8. The summed E-state index contributed by atoms with van der Waals surface area (Å²) in [7, 11) is 0. The lowest BCUT2D eigenvalue weighted by Crippen LogP contribution is -2.36. The molecule has 2 atom stereocenters. The first-order valence-corrected chi connectivity index (χ1v) is 18.8. The Bertz CT molecular complexity index is 2210. The van der Waals surface area contributed by atoms with Crippen molar-refractivity contribution in [1.29, 1.82) is 5.26 Å². The number of anilines is 1. The molecule has 2 fully saturated rings. The topological polar surface area (TPSA) is 130 Å². The Morgan fingerprint density at radius 2 is 1.26 bits per heavy atom. The van der Waals surface area contributed by atoms with Crippen LogP contribution in [-0.4, -0.2) is 77.5 Å². The molecule has 0 aliphatic carbocycles. The Morgan fingerprint density at radius 1 is 0.702 bits per heavy atom. The number of benzene rings is 4. The van der Waals surface area contributed by atoms with Gasteiger partial charge in [-0.05, 0) is 113 Å². The fourth-order valence-corrected chi connectivity index (χ4v) is 6.55. The SMILES string of the molecule is CC(C)(C)OC(=O)N1CC[C@@H](Oc2ccc(NC(=O)c3ccc(O[C@H]4CCN(C(=O)OC(C)(C)C)C4)c(-c4ccc(F)c(F)c4)c3)cc2-c2cccc(C#N)c2)C1. The van der Waals surface area contributed by atoms with Crippen molar-refractivity contribution >= 4 is 23.8 Å². The van der Waals surface area contributed by atoms with Gasteiger partial charge in [-0.1, -0.05) is 18.2 Å². The standard InChI is InChI=1S/C44H46F2N4O7/c1-43(2,3)56-41(52)49-18-16-32(25-49)54-38-14-11-30(21-34(38)29-10-13-36(45)37(46)22-29)40(51)48-31-12-15-39(35(23-31)28-9-7-8-27(20-28)24-47)55-33-17-19-50(26-33)42(53)57-44(4,5)6/h7-15,20-23,32-33H,16-19,25-26H2,1-6H3,(H,48,51)/t32-,33+/m0/s1. The predicted molar refractivity (Wildman–Crippen MR) is 210 cm³/mol. The number of rotatable bonds is 8. The molecule has 0 unspecified atom stereocenters. The highest BCUT2D eigenvalue weighted by atomic mass is 19.2. The number of halogens is 2. The van der Waals surface area contributed by atoms with Crippen LogP contribution in [0, 0.1) is 23.0 Å². The second-order valence-corrected chi connectivity index (χ2v) is 16.1. The number of likely N-dealkylation sites (tertiary alicyclic amines) is 2. The molecule has 0 radical (unpaired) electrons. The molecule has 0 aromatic heterocycles. The van der Waals surface area contributed by atoms with E-state index >= 15 is 0 Å². The van der Waals surface area contributed by atoms with Crippen LogP contribution in [-0.2, 0) is 9.47 Å². The molecule has 0 bridgehead atoms. The first-order chi connectivity index (χ1) is 26.9. The molecule has 4 aromatic rings. The molecule has 1 N–H and O–H groups in total.